The van der Waals surface area contributed by atoms with Gasteiger partial charge < -0.3 is 10.0 Å². The van der Waals surface area contributed by atoms with Gasteiger partial charge in [-0.15, -0.1) is 0 Å². The number of piperazine rings is 1. The van der Waals surface area contributed by atoms with E-state index in [1.165, 1.54) is 19.3 Å². The lowest BCUT2D eigenvalue weighted by atomic mass is 9.79. The van der Waals surface area contributed by atoms with Gasteiger partial charge in [-0.2, -0.15) is 0 Å². The molecule has 4 aliphatic rings. The van der Waals surface area contributed by atoms with Gasteiger partial charge in [0.05, 0.1) is 17.2 Å². The molecule has 0 radical (unpaired) electrons. The number of pyridine rings is 1. The van der Waals surface area contributed by atoms with Crippen LogP contribution >= 0.6 is 0 Å². The number of likely N-dealkylation sites (tertiary alicyclic amines) is 1. The minimum Gasteiger partial charge on any atom is -0.392 e. The molecular formula is C19H26N4O2. The molecule has 4 fully saturated rings. The molecule has 25 heavy (non-hydrogen) atoms. The van der Waals surface area contributed by atoms with Crippen molar-refractivity contribution < 1.29 is 9.90 Å². The van der Waals surface area contributed by atoms with Crippen molar-refractivity contribution in [3.05, 3.63) is 30.1 Å². The van der Waals surface area contributed by atoms with Crippen LogP contribution in [0.15, 0.2) is 24.5 Å². The zero-order valence-corrected chi connectivity index (χ0v) is 14.5. The smallest absolute Gasteiger partial charge is 0.255 e. The van der Waals surface area contributed by atoms with Crippen molar-refractivity contribution >= 4 is 5.91 Å². The maximum atomic E-state index is 13.0. The third-order valence-electron chi connectivity index (χ3n) is 6.70. The maximum Gasteiger partial charge on any atom is 0.255 e. The minimum atomic E-state index is -0.256. The Balaban J connectivity index is 1.37. The van der Waals surface area contributed by atoms with E-state index in [1.807, 2.05) is 17.0 Å². The van der Waals surface area contributed by atoms with Gasteiger partial charge in [-0.3, -0.25) is 19.6 Å². The number of aliphatic hydroxyl groups excluding tert-OH is 1. The van der Waals surface area contributed by atoms with Crippen molar-refractivity contribution in [2.75, 3.05) is 32.7 Å². The number of aromatic nitrogens is 1. The van der Waals surface area contributed by atoms with Gasteiger partial charge in [0.2, 0.25) is 0 Å². The molecule has 1 amide bonds. The zero-order valence-electron chi connectivity index (χ0n) is 14.5. The van der Waals surface area contributed by atoms with Crippen LogP contribution in [0.2, 0.25) is 0 Å². The summed E-state index contributed by atoms with van der Waals surface area (Å²) in [5, 5.41) is 10.2. The summed E-state index contributed by atoms with van der Waals surface area (Å²) in [5.41, 5.74) is 0.702. The Bertz CT molecular complexity index is 657. The monoisotopic (exact) mass is 342 g/mol. The number of hydrogen-bond acceptors (Lipinski definition) is 5. The second-order valence-corrected chi connectivity index (χ2v) is 8.34. The van der Waals surface area contributed by atoms with E-state index in [-0.39, 0.29) is 23.6 Å². The van der Waals surface area contributed by atoms with Crippen molar-refractivity contribution in [2.45, 2.75) is 49.4 Å². The molecule has 4 heterocycles. The molecule has 2 unspecified atom stereocenters. The van der Waals surface area contributed by atoms with Crippen LogP contribution < -0.4 is 0 Å². The average Bonchev–Trinajstić information content (AvgIpc) is 2.92. The Morgan fingerprint density at radius 2 is 2.04 bits per heavy atom. The predicted molar refractivity (Wildman–Crippen MR) is 93.2 cm³/mol. The van der Waals surface area contributed by atoms with Crippen LogP contribution in [0.4, 0.5) is 0 Å². The molecule has 5 rings (SSSR count). The predicted octanol–water partition coefficient (Wildman–Crippen LogP) is 0.579. The lowest BCUT2D eigenvalue weighted by Gasteiger charge is -2.63. The minimum absolute atomic E-state index is 0.0356. The molecule has 1 spiro atoms. The second-order valence-electron chi connectivity index (χ2n) is 8.34. The number of carbonyl (C=O) groups excluding carboxylic acids is 1. The van der Waals surface area contributed by atoms with Gasteiger partial charge in [0.15, 0.2) is 0 Å². The van der Waals surface area contributed by atoms with E-state index in [0.717, 1.165) is 45.2 Å². The molecule has 1 saturated carbocycles. The molecule has 2 atom stereocenters. The molecule has 1 N–H and O–H groups in total. The Morgan fingerprint density at radius 3 is 2.72 bits per heavy atom. The third kappa shape index (κ3) is 2.50. The normalized spacial score (nSPS) is 32.3. The van der Waals surface area contributed by atoms with Crippen LogP contribution in [-0.2, 0) is 0 Å². The van der Waals surface area contributed by atoms with E-state index in [2.05, 4.69) is 14.8 Å². The fraction of sp³-hybridized carbons (Fsp3) is 0.684. The molecule has 134 valence electrons. The van der Waals surface area contributed by atoms with Crippen molar-refractivity contribution in [3.8, 4) is 0 Å². The molecule has 6 heteroatoms. The molecule has 3 aliphatic heterocycles. The van der Waals surface area contributed by atoms with Crippen LogP contribution in [0.5, 0.6) is 0 Å². The first-order valence-electron chi connectivity index (χ1n) is 9.53. The van der Waals surface area contributed by atoms with Crippen LogP contribution in [0.25, 0.3) is 0 Å². The summed E-state index contributed by atoms with van der Waals surface area (Å²) in [7, 11) is 0. The summed E-state index contributed by atoms with van der Waals surface area (Å²) < 4.78 is 0. The maximum absolute atomic E-state index is 13.0. The highest BCUT2D eigenvalue weighted by molar-refractivity contribution is 5.94. The van der Waals surface area contributed by atoms with Crippen molar-refractivity contribution in [1.82, 2.24) is 19.7 Å². The lowest BCUT2D eigenvalue weighted by molar-refractivity contribution is -0.128. The van der Waals surface area contributed by atoms with E-state index in [1.54, 1.807) is 12.4 Å². The quantitative estimate of drug-likeness (QED) is 0.852. The highest BCUT2D eigenvalue weighted by atomic mass is 16.3. The summed E-state index contributed by atoms with van der Waals surface area (Å²) in [6.45, 7) is 4.33. The standard InChI is InChI=1S/C19H26N4O2/c24-17-7-16-9-21(18(25)14-3-2-6-20-8-14)11-19(23(16)10-17)12-22(13-19)15-4-1-5-15/h2-3,6,8,15-17,24H,1,4-5,7,9-13H2. The molecular weight excluding hydrogens is 316 g/mol. The largest absolute Gasteiger partial charge is 0.392 e. The molecule has 3 saturated heterocycles. The van der Waals surface area contributed by atoms with E-state index >= 15 is 0 Å². The van der Waals surface area contributed by atoms with Crippen LogP contribution in [0.3, 0.4) is 0 Å². The fourth-order valence-electron chi connectivity index (χ4n) is 5.24. The molecule has 6 nitrogen and oxygen atoms in total. The highest BCUT2D eigenvalue weighted by Crippen LogP contribution is 2.42. The van der Waals surface area contributed by atoms with Gasteiger partial charge in [0, 0.05) is 57.2 Å². The lowest BCUT2D eigenvalue weighted by Crippen LogP contribution is -2.79. The number of nitrogens with zero attached hydrogens (tertiary/aromatic N) is 4. The fourth-order valence-corrected chi connectivity index (χ4v) is 5.24. The number of rotatable bonds is 2. The van der Waals surface area contributed by atoms with Crippen LogP contribution in [-0.4, -0.2) is 87.1 Å². The van der Waals surface area contributed by atoms with Gasteiger partial charge in [0.25, 0.3) is 5.91 Å². The number of hydrogen-bond donors (Lipinski definition) is 1. The first kappa shape index (κ1) is 15.7. The van der Waals surface area contributed by atoms with Gasteiger partial charge in [-0.1, -0.05) is 6.42 Å². The first-order valence-corrected chi connectivity index (χ1v) is 9.53. The molecule has 0 bridgehead atoms. The van der Waals surface area contributed by atoms with Crippen molar-refractivity contribution in [2.24, 2.45) is 0 Å². The first-order chi connectivity index (χ1) is 12.1. The van der Waals surface area contributed by atoms with Gasteiger partial charge >= 0.3 is 0 Å². The van der Waals surface area contributed by atoms with E-state index in [9.17, 15) is 9.90 Å². The summed E-state index contributed by atoms with van der Waals surface area (Å²) in [6, 6.07) is 4.70. The molecule has 1 aromatic rings. The number of carbonyl (C=O) groups is 1. The Hall–Kier alpha value is -1.50. The third-order valence-corrected chi connectivity index (χ3v) is 6.70. The zero-order chi connectivity index (χ0) is 17.0. The Kier molecular flexibility index (Phi) is 3.62. The molecule has 1 aliphatic carbocycles. The van der Waals surface area contributed by atoms with Crippen molar-refractivity contribution in [1.29, 1.82) is 0 Å². The number of β-amino-alcohol motifs (C(OH)–C–C–N with tert-alkyl or cyclic N) is 1. The summed E-state index contributed by atoms with van der Waals surface area (Å²) in [6.07, 6.45) is 7.87. The number of fused-ring (bicyclic) bond motifs is 2. The van der Waals surface area contributed by atoms with Gasteiger partial charge in [-0.25, -0.2) is 0 Å². The van der Waals surface area contributed by atoms with E-state index in [4.69, 9.17) is 0 Å². The summed E-state index contributed by atoms with van der Waals surface area (Å²) >= 11 is 0. The number of aliphatic hydroxyl groups is 1. The second kappa shape index (κ2) is 5.76. The number of amides is 1. The average molecular weight is 342 g/mol. The topological polar surface area (TPSA) is 59.9 Å². The van der Waals surface area contributed by atoms with E-state index < -0.39 is 0 Å². The summed E-state index contributed by atoms with van der Waals surface area (Å²) in [4.78, 5) is 24.2. The van der Waals surface area contributed by atoms with Crippen LogP contribution in [0.1, 0.15) is 36.0 Å². The Morgan fingerprint density at radius 1 is 1.20 bits per heavy atom. The van der Waals surface area contributed by atoms with Crippen LogP contribution in [0, 0.1) is 0 Å². The highest BCUT2D eigenvalue weighted by Gasteiger charge is 2.57. The molecule has 1 aromatic heterocycles. The van der Waals surface area contributed by atoms with Gasteiger partial charge in [-0.05, 0) is 31.4 Å². The SMILES string of the molecule is O=C(c1cccnc1)N1CC2CC(O)CN2C2(C1)CN(C1CCC1)C2. The Labute approximate surface area is 148 Å². The van der Waals surface area contributed by atoms with E-state index in [0.29, 0.717) is 5.56 Å². The molecule has 0 aromatic carbocycles. The summed E-state index contributed by atoms with van der Waals surface area (Å²) in [5.74, 6) is 0.0793. The van der Waals surface area contributed by atoms with Gasteiger partial charge in [0.1, 0.15) is 0 Å². The van der Waals surface area contributed by atoms with Crippen molar-refractivity contribution in [3.63, 3.8) is 0 Å².